The van der Waals surface area contributed by atoms with Gasteiger partial charge in [0.2, 0.25) is 0 Å². The van der Waals surface area contributed by atoms with Gasteiger partial charge in [-0.1, -0.05) is 18.2 Å². The quantitative estimate of drug-likeness (QED) is 0.642. The molecule has 0 amide bonds. The van der Waals surface area contributed by atoms with E-state index in [1.54, 1.807) is 11.3 Å². The van der Waals surface area contributed by atoms with Crippen LogP contribution in [0.1, 0.15) is 6.92 Å². The van der Waals surface area contributed by atoms with Gasteiger partial charge in [0.25, 0.3) is 10.7 Å². The number of aromatic nitrogens is 2. The second kappa shape index (κ2) is 8.24. The molecule has 6 nitrogen and oxygen atoms in total. The lowest BCUT2D eigenvalue weighted by atomic mass is 10.2. The van der Waals surface area contributed by atoms with Crippen LogP contribution in [0.3, 0.4) is 0 Å². The zero-order chi connectivity index (χ0) is 18.6. The van der Waals surface area contributed by atoms with Crippen LogP contribution in [0.25, 0.3) is 10.8 Å². The minimum Gasteiger partial charge on any atom is -0.492 e. The van der Waals surface area contributed by atoms with Crippen LogP contribution in [0.2, 0.25) is 0 Å². The van der Waals surface area contributed by atoms with Crippen LogP contribution in [-0.2, 0) is 6.67 Å². The Balaban J connectivity index is 1.40. The Morgan fingerprint density at radius 3 is 2.78 bits per heavy atom. The van der Waals surface area contributed by atoms with Gasteiger partial charge in [-0.2, -0.15) is 4.68 Å². The first-order chi connectivity index (χ1) is 13.2. The van der Waals surface area contributed by atoms with Gasteiger partial charge in [-0.15, -0.1) is 16.4 Å². The number of piperazine rings is 1. The fourth-order valence-corrected chi connectivity index (χ4v) is 4.16. The maximum Gasteiger partial charge on any atom is 0.292 e. The molecule has 1 aliphatic rings. The van der Waals surface area contributed by atoms with E-state index in [4.69, 9.17) is 21.4 Å². The van der Waals surface area contributed by atoms with Crippen molar-refractivity contribution in [2.75, 3.05) is 37.7 Å². The molecule has 3 heterocycles. The summed E-state index contributed by atoms with van der Waals surface area (Å²) in [7, 11) is 0. The van der Waals surface area contributed by atoms with E-state index in [1.165, 1.54) is 10.6 Å². The van der Waals surface area contributed by atoms with Crippen molar-refractivity contribution < 1.29 is 14.1 Å². The molecule has 3 aromatic rings. The van der Waals surface area contributed by atoms with Crippen molar-refractivity contribution in [3.05, 3.63) is 46.6 Å². The van der Waals surface area contributed by atoms with E-state index in [9.17, 15) is 0 Å². The van der Waals surface area contributed by atoms with Crippen molar-refractivity contribution in [2.45, 2.75) is 13.6 Å². The second-order valence-electron chi connectivity index (χ2n) is 6.45. The first kappa shape index (κ1) is 18.2. The first-order valence-electron chi connectivity index (χ1n) is 9.16. The number of nitrogens with one attached hydrogen (secondary N) is 1. The van der Waals surface area contributed by atoms with E-state index in [-0.39, 0.29) is 0 Å². The normalized spacial score (nSPS) is 15.2. The summed E-state index contributed by atoms with van der Waals surface area (Å²) in [6, 6.07) is 12.3. The Morgan fingerprint density at radius 1 is 1.22 bits per heavy atom. The lowest BCUT2D eigenvalue weighted by Crippen LogP contribution is -3.14. The summed E-state index contributed by atoms with van der Waals surface area (Å²) in [5.41, 5.74) is 1.18. The maximum atomic E-state index is 5.78. The van der Waals surface area contributed by atoms with Crippen molar-refractivity contribution in [3.8, 4) is 16.5 Å². The van der Waals surface area contributed by atoms with Crippen molar-refractivity contribution >= 4 is 29.2 Å². The molecular weight excluding hydrogens is 380 g/mol. The highest BCUT2D eigenvalue weighted by molar-refractivity contribution is 7.71. The average molecular weight is 404 g/mol. The Bertz CT molecular complexity index is 927. The molecule has 0 bridgehead atoms. The Morgan fingerprint density at radius 2 is 2.04 bits per heavy atom. The number of nitrogens with zero attached hydrogens (tertiary/aromatic N) is 3. The molecule has 1 saturated heterocycles. The molecule has 142 valence electrons. The monoisotopic (exact) mass is 403 g/mol. The van der Waals surface area contributed by atoms with Gasteiger partial charge in [-0.25, -0.2) is 0 Å². The van der Waals surface area contributed by atoms with E-state index in [0.29, 0.717) is 17.3 Å². The van der Waals surface area contributed by atoms with Crippen molar-refractivity contribution in [3.63, 3.8) is 0 Å². The van der Waals surface area contributed by atoms with Crippen molar-refractivity contribution in [1.29, 1.82) is 0 Å². The lowest BCUT2D eigenvalue weighted by molar-refractivity contribution is -0.924. The molecule has 1 aromatic carbocycles. The van der Waals surface area contributed by atoms with Crippen molar-refractivity contribution in [2.24, 2.45) is 0 Å². The van der Waals surface area contributed by atoms with Crippen LogP contribution in [-0.4, -0.2) is 42.6 Å². The van der Waals surface area contributed by atoms with Gasteiger partial charge in [-0.3, -0.25) is 0 Å². The average Bonchev–Trinajstić information content (AvgIpc) is 3.34. The molecule has 1 aliphatic heterocycles. The summed E-state index contributed by atoms with van der Waals surface area (Å²) >= 11 is 6.97. The number of anilines is 1. The minimum absolute atomic E-state index is 0.440. The summed E-state index contributed by atoms with van der Waals surface area (Å²) in [5.74, 6) is 1.57. The lowest BCUT2D eigenvalue weighted by Gasteiger charge is -2.34. The van der Waals surface area contributed by atoms with Crippen LogP contribution in [0.5, 0.6) is 5.75 Å². The van der Waals surface area contributed by atoms with Gasteiger partial charge in [0, 0.05) is 0 Å². The summed E-state index contributed by atoms with van der Waals surface area (Å²) in [6.45, 7) is 7.41. The van der Waals surface area contributed by atoms with Crippen LogP contribution in [0, 0.1) is 4.84 Å². The number of para-hydroxylation sites is 2. The second-order valence-corrected chi connectivity index (χ2v) is 7.74. The minimum atomic E-state index is 0.440. The predicted molar refractivity (Wildman–Crippen MR) is 109 cm³/mol. The van der Waals surface area contributed by atoms with E-state index in [1.807, 2.05) is 41.3 Å². The van der Waals surface area contributed by atoms with Gasteiger partial charge in [0.05, 0.1) is 43.4 Å². The largest absolute Gasteiger partial charge is 0.492 e. The highest BCUT2D eigenvalue weighted by Crippen LogP contribution is 2.28. The fourth-order valence-electron chi connectivity index (χ4n) is 3.34. The Kier molecular flexibility index (Phi) is 5.56. The number of benzene rings is 1. The molecule has 0 aliphatic carbocycles. The van der Waals surface area contributed by atoms with Crippen LogP contribution in [0.15, 0.2) is 46.2 Å². The van der Waals surface area contributed by atoms with E-state index < -0.39 is 0 Å². The highest BCUT2D eigenvalue weighted by atomic mass is 32.1. The molecule has 27 heavy (non-hydrogen) atoms. The third-order valence-electron chi connectivity index (χ3n) is 4.69. The molecule has 2 aromatic heterocycles. The zero-order valence-corrected chi connectivity index (χ0v) is 16.9. The Labute approximate surface area is 167 Å². The third kappa shape index (κ3) is 4.07. The molecule has 0 spiro atoms. The highest BCUT2D eigenvalue weighted by Gasteiger charge is 2.23. The van der Waals surface area contributed by atoms with Gasteiger partial charge >= 0.3 is 0 Å². The zero-order valence-electron chi connectivity index (χ0n) is 15.3. The number of quaternary nitrogens is 1. The van der Waals surface area contributed by atoms with E-state index in [2.05, 4.69) is 22.1 Å². The number of rotatable bonds is 6. The van der Waals surface area contributed by atoms with Crippen molar-refractivity contribution in [1.82, 2.24) is 9.78 Å². The SMILES string of the molecule is CCOc1ccccc1N1CC[NH+](Cn2nc(-c3cccs3)oc2=S)CC1. The van der Waals surface area contributed by atoms with Gasteiger partial charge in [-0.05, 0) is 42.7 Å². The molecule has 8 heteroatoms. The van der Waals surface area contributed by atoms with E-state index in [0.717, 1.165) is 43.5 Å². The number of thiophene rings is 1. The van der Waals surface area contributed by atoms with Crippen LogP contribution in [0.4, 0.5) is 5.69 Å². The summed E-state index contributed by atoms with van der Waals surface area (Å²) in [6.07, 6.45) is 0. The molecule has 0 radical (unpaired) electrons. The first-order valence-corrected chi connectivity index (χ1v) is 10.5. The molecule has 0 atom stereocenters. The molecule has 0 saturated carbocycles. The number of hydrogen-bond donors (Lipinski definition) is 1. The summed E-state index contributed by atoms with van der Waals surface area (Å²) < 4.78 is 13.3. The third-order valence-corrected chi connectivity index (χ3v) is 5.84. The molecule has 1 fully saturated rings. The smallest absolute Gasteiger partial charge is 0.292 e. The Hall–Kier alpha value is -2.16. The summed E-state index contributed by atoms with van der Waals surface area (Å²) in [4.78, 5) is 5.29. The predicted octanol–water partition coefficient (Wildman–Crippen LogP) is 2.70. The van der Waals surface area contributed by atoms with Crippen LogP contribution >= 0.6 is 23.6 Å². The summed E-state index contributed by atoms with van der Waals surface area (Å²) in [5, 5.41) is 6.58. The van der Waals surface area contributed by atoms with Crippen LogP contribution < -0.4 is 14.5 Å². The topological polar surface area (TPSA) is 47.9 Å². The molecule has 1 N–H and O–H groups in total. The maximum absolute atomic E-state index is 5.78. The molecular formula is C19H23N4O2S2+. The molecule has 4 rings (SSSR count). The number of ether oxygens (including phenoxy) is 1. The molecule has 0 unspecified atom stereocenters. The van der Waals surface area contributed by atoms with Gasteiger partial charge < -0.3 is 19.0 Å². The van der Waals surface area contributed by atoms with Gasteiger partial charge in [0.1, 0.15) is 5.75 Å². The number of hydrogen-bond acceptors (Lipinski definition) is 6. The standard InChI is InChI=1S/C19H22N4O2S2/c1-2-24-16-7-4-3-6-15(16)22-11-9-21(10-12-22)14-23-19(26)25-18(20-23)17-8-5-13-27-17/h3-8,13H,2,9-12,14H2,1H3/p+1. The fraction of sp³-hybridized carbons (Fsp3) is 0.368. The van der Waals surface area contributed by atoms with E-state index >= 15 is 0 Å². The van der Waals surface area contributed by atoms with Gasteiger partial charge in [0.15, 0.2) is 6.67 Å².